The monoisotopic (exact) mass is 277 g/mol. The average Bonchev–Trinajstić information content (AvgIpc) is 3.23. The zero-order valence-corrected chi connectivity index (χ0v) is 11.7. The van der Waals surface area contributed by atoms with Crippen molar-refractivity contribution in [1.82, 2.24) is 5.32 Å². The van der Waals surface area contributed by atoms with Crippen molar-refractivity contribution in [2.24, 2.45) is 0 Å². The molecule has 108 valence electrons. The van der Waals surface area contributed by atoms with Gasteiger partial charge in [0.25, 0.3) is 5.91 Å². The summed E-state index contributed by atoms with van der Waals surface area (Å²) < 4.78 is 10.4. The van der Waals surface area contributed by atoms with E-state index in [1.54, 1.807) is 38.1 Å². The number of ether oxygens (including phenoxy) is 2. The molecule has 1 aliphatic rings. The first-order chi connectivity index (χ1) is 9.60. The van der Waals surface area contributed by atoms with Gasteiger partial charge in [-0.15, -0.1) is 0 Å². The SMILES string of the molecule is CCOC(=O)c1ccc(OC(C)C(=O)NC2CC2)cc1. The van der Waals surface area contributed by atoms with Gasteiger partial charge in [-0.05, 0) is 51.0 Å². The standard InChI is InChI=1S/C15H19NO4/c1-3-19-15(18)11-4-8-13(9-5-11)20-10(2)14(17)16-12-6-7-12/h4-5,8-10,12H,3,6-7H2,1-2H3,(H,16,17). The van der Waals surface area contributed by atoms with E-state index >= 15 is 0 Å². The summed E-state index contributed by atoms with van der Waals surface area (Å²) >= 11 is 0. The molecule has 1 amide bonds. The third kappa shape index (κ3) is 3.98. The van der Waals surface area contributed by atoms with Gasteiger partial charge in [0.2, 0.25) is 0 Å². The molecule has 20 heavy (non-hydrogen) atoms. The average molecular weight is 277 g/mol. The Morgan fingerprint density at radius 3 is 2.50 bits per heavy atom. The number of carbonyl (C=O) groups is 2. The van der Waals surface area contributed by atoms with Crippen molar-refractivity contribution in [3.05, 3.63) is 29.8 Å². The highest BCUT2D eigenvalue weighted by molar-refractivity contribution is 5.89. The third-order valence-corrected chi connectivity index (χ3v) is 2.97. The molecule has 0 aliphatic heterocycles. The molecule has 1 aromatic carbocycles. The molecular weight excluding hydrogens is 258 g/mol. The molecule has 1 saturated carbocycles. The fourth-order valence-electron chi connectivity index (χ4n) is 1.69. The largest absolute Gasteiger partial charge is 0.481 e. The number of carbonyl (C=O) groups excluding carboxylic acids is 2. The van der Waals surface area contributed by atoms with Crippen LogP contribution in [0.2, 0.25) is 0 Å². The topological polar surface area (TPSA) is 64.6 Å². The number of hydrogen-bond donors (Lipinski definition) is 1. The van der Waals surface area contributed by atoms with Crippen molar-refractivity contribution in [2.75, 3.05) is 6.61 Å². The highest BCUT2D eigenvalue weighted by Crippen LogP contribution is 2.19. The zero-order valence-electron chi connectivity index (χ0n) is 11.7. The Morgan fingerprint density at radius 2 is 1.95 bits per heavy atom. The molecule has 0 bridgehead atoms. The van der Waals surface area contributed by atoms with Gasteiger partial charge in [-0.3, -0.25) is 4.79 Å². The molecule has 5 heteroatoms. The third-order valence-electron chi connectivity index (χ3n) is 2.97. The predicted octanol–water partition coefficient (Wildman–Crippen LogP) is 1.91. The summed E-state index contributed by atoms with van der Waals surface area (Å²) in [5.74, 6) is 0.0806. The van der Waals surface area contributed by atoms with Crippen molar-refractivity contribution >= 4 is 11.9 Å². The van der Waals surface area contributed by atoms with Crippen LogP contribution in [0.25, 0.3) is 0 Å². The van der Waals surface area contributed by atoms with E-state index in [1.807, 2.05) is 0 Å². The fraction of sp³-hybridized carbons (Fsp3) is 0.467. The summed E-state index contributed by atoms with van der Waals surface area (Å²) in [6, 6.07) is 6.89. The van der Waals surface area contributed by atoms with Crippen LogP contribution in [0.1, 0.15) is 37.0 Å². The molecule has 1 unspecified atom stereocenters. The molecule has 0 radical (unpaired) electrons. The van der Waals surface area contributed by atoms with Gasteiger partial charge in [0.05, 0.1) is 12.2 Å². The van der Waals surface area contributed by atoms with Crippen molar-refractivity contribution < 1.29 is 19.1 Å². The summed E-state index contributed by atoms with van der Waals surface area (Å²) in [6.07, 6.45) is 1.54. The lowest BCUT2D eigenvalue weighted by Gasteiger charge is -2.14. The van der Waals surface area contributed by atoms with Gasteiger partial charge < -0.3 is 14.8 Å². The number of benzene rings is 1. The molecular formula is C15H19NO4. The fourth-order valence-corrected chi connectivity index (χ4v) is 1.69. The second-order valence-corrected chi connectivity index (χ2v) is 4.79. The lowest BCUT2D eigenvalue weighted by atomic mass is 10.2. The second-order valence-electron chi connectivity index (χ2n) is 4.79. The molecule has 1 aliphatic carbocycles. The molecule has 1 aromatic rings. The number of nitrogens with one attached hydrogen (secondary N) is 1. The van der Waals surface area contributed by atoms with E-state index in [0.29, 0.717) is 24.0 Å². The number of rotatable bonds is 6. The van der Waals surface area contributed by atoms with Crippen LogP contribution in [0.5, 0.6) is 5.75 Å². The first-order valence-corrected chi connectivity index (χ1v) is 6.84. The zero-order chi connectivity index (χ0) is 14.5. The smallest absolute Gasteiger partial charge is 0.338 e. The molecule has 0 aromatic heterocycles. The Morgan fingerprint density at radius 1 is 1.30 bits per heavy atom. The minimum atomic E-state index is -0.552. The van der Waals surface area contributed by atoms with Crippen LogP contribution in [0.15, 0.2) is 24.3 Å². The van der Waals surface area contributed by atoms with Gasteiger partial charge >= 0.3 is 5.97 Å². The van der Waals surface area contributed by atoms with Crippen molar-refractivity contribution in [3.8, 4) is 5.75 Å². The van der Waals surface area contributed by atoms with Gasteiger partial charge in [-0.2, -0.15) is 0 Å². The first-order valence-electron chi connectivity index (χ1n) is 6.84. The number of hydrogen-bond acceptors (Lipinski definition) is 4. The first kappa shape index (κ1) is 14.4. The van der Waals surface area contributed by atoms with Crippen LogP contribution < -0.4 is 10.1 Å². The summed E-state index contributed by atoms with van der Waals surface area (Å²) in [6.45, 7) is 3.81. The predicted molar refractivity (Wildman–Crippen MR) is 73.7 cm³/mol. The molecule has 5 nitrogen and oxygen atoms in total. The van der Waals surface area contributed by atoms with Crippen LogP contribution in [-0.4, -0.2) is 30.6 Å². The van der Waals surface area contributed by atoms with Crippen molar-refractivity contribution in [2.45, 2.75) is 38.8 Å². The van der Waals surface area contributed by atoms with E-state index in [9.17, 15) is 9.59 Å². The minimum Gasteiger partial charge on any atom is -0.481 e. The summed E-state index contributed by atoms with van der Waals surface area (Å²) in [4.78, 5) is 23.2. The number of esters is 1. The lowest BCUT2D eigenvalue weighted by molar-refractivity contribution is -0.127. The van der Waals surface area contributed by atoms with E-state index in [1.165, 1.54) is 0 Å². The van der Waals surface area contributed by atoms with Crippen LogP contribution in [0.4, 0.5) is 0 Å². The van der Waals surface area contributed by atoms with Crippen molar-refractivity contribution in [1.29, 1.82) is 0 Å². The second kappa shape index (κ2) is 6.41. The molecule has 2 rings (SSSR count). The van der Waals surface area contributed by atoms with Crippen LogP contribution in [0, 0.1) is 0 Å². The van der Waals surface area contributed by atoms with E-state index in [-0.39, 0.29) is 11.9 Å². The van der Waals surface area contributed by atoms with E-state index in [4.69, 9.17) is 9.47 Å². The highest BCUT2D eigenvalue weighted by atomic mass is 16.5. The van der Waals surface area contributed by atoms with Gasteiger partial charge in [-0.1, -0.05) is 0 Å². The molecule has 1 atom stereocenters. The van der Waals surface area contributed by atoms with Gasteiger partial charge in [0.15, 0.2) is 6.10 Å². The lowest BCUT2D eigenvalue weighted by Crippen LogP contribution is -2.37. The van der Waals surface area contributed by atoms with Gasteiger partial charge in [0, 0.05) is 6.04 Å². The summed E-state index contributed by atoms with van der Waals surface area (Å²) in [5.41, 5.74) is 0.467. The van der Waals surface area contributed by atoms with E-state index in [2.05, 4.69) is 5.32 Å². The quantitative estimate of drug-likeness (QED) is 0.807. The maximum absolute atomic E-state index is 11.7. The summed E-state index contributed by atoms with van der Waals surface area (Å²) in [5, 5.41) is 2.88. The molecule has 0 heterocycles. The number of amides is 1. The molecule has 1 N–H and O–H groups in total. The maximum Gasteiger partial charge on any atom is 0.338 e. The summed E-state index contributed by atoms with van der Waals surface area (Å²) in [7, 11) is 0. The Bertz CT molecular complexity index is 479. The molecule has 1 fully saturated rings. The van der Waals surface area contributed by atoms with Crippen LogP contribution >= 0.6 is 0 Å². The van der Waals surface area contributed by atoms with Crippen LogP contribution in [-0.2, 0) is 9.53 Å². The van der Waals surface area contributed by atoms with Crippen molar-refractivity contribution in [3.63, 3.8) is 0 Å². The van der Waals surface area contributed by atoms with Gasteiger partial charge in [-0.25, -0.2) is 4.79 Å². The minimum absolute atomic E-state index is 0.109. The highest BCUT2D eigenvalue weighted by Gasteiger charge is 2.26. The normalized spacial score (nSPS) is 15.3. The Balaban J connectivity index is 1.89. The Hall–Kier alpha value is -2.04. The Labute approximate surface area is 118 Å². The van der Waals surface area contributed by atoms with E-state index < -0.39 is 6.10 Å². The van der Waals surface area contributed by atoms with Crippen LogP contribution in [0.3, 0.4) is 0 Å². The van der Waals surface area contributed by atoms with Gasteiger partial charge in [0.1, 0.15) is 5.75 Å². The molecule has 0 saturated heterocycles. The van der Waals surface area contributed by atoms with E-state index in [0.717, 1.165) is 12.8 Å². The maximum atomic E-state index is 11.7. The Kier molecular flexibility index (Phi) is 4.61. The molecule has 0 spiro atoms.